The van der Waals surface area contributed by atoms with E-state index in [9.17, 15) is 18.0 Å². The molecule has 0 aliphatic carbocycles. The van der Waals surface area contributed by atoms with Gasteiger partial charge in [0.05, 0.1) is 17.0 Å². The molecule has 0 bridgehead atoms. The van der Waals surface area contributed by atoms with Crippen LogP contribution in [0.4, 0.5) is 5.69 Å². The summed E-state index contributed by atoms with van der Waals surface area (Å²) in [5, 5.41) is 3.98. The molecule has 1 atom stereocenters. The fraction of sp³-hybridized carbons (Fsp3) is 0.310. The second-order valence-corrected chi connectivity index (χ2v) is 13.1. The Morgan fingerprint density at radius 3 is 2.20 bits per heavy atom. The predicted molar refractivity (Wildman–Crippen MR) is 168 cm³/mol. The molecule has 7 nitrogen and oxygen atoms in total. The third-order valence-electron chi connectivity index (χ3n) is 6.31. The minimum atomic E-state index is -4.00. The maximum Gasteiger partial charge on any atom is 0.244 e. The summed E-state index contributed by atoms with van der Waals surface area (Å²) >= 11 is 25.0. The molecular formula is C29H31Cl4N3O4S. The Balaban J connectivity index is 2.09. The SMILES string of the molecule is CCCCNC(=O)[C@@H](Cc1ccccc1)N(Cc1ccc(Cl)cc1Cl)C(=O)CN(c1cc(Cl)ccc1Cl)S(C)(=O)=O. The molecule has 0 saturated carbocycles. The van der Waals surface area contributed by atoms with Gasteiger partial charge in [-0.2, -0.15) is 0 Å². The smallest absolute Gasteiger partial charge is 0.244 e. The van der Waals surface area contributed by atoms with Gasteiger partial charge in [0.1, 0.15) is 12.6 Å². The van der Waals surface area contributed by atoms with Gasteiger partial charge in [-0.15, -0.1) is 0 Å². The summed E-state index contributed by atoms with van der Waals surface area (Å²) in [5.74, 6) is -1.00. The second kappa shape index (κ2) is 15.1. The minimum absolute atomic E-state index is 0.0477. The number of anilines is 1. The van der Waals surface area contributed by atoms with E-state index in [4.69, 9.17) is 46.4 Å². The summed E-state index contributed by atoms with van der Waals surface area (Å²) in [7, 11) is -4.00. The number of hydrogen-bond donors (Lipinski definition) is 1. The van der Waals surface area contributed by atoms with E-state index in [-0.39, 0.29) is 34.6 Å². The number of nitrogens with one attached hydrogen (secondary N) is 1. The van der Waals surface area contributed by atoms with Crippen molar-refractivity contribution in [2.75, 3.05) is 23.7 Å². The average molecular weight is 659 g/mol. The van der Waals surface area contributed by atoms with Gasteiger partial charge in [-0.05, 0) is 47.9 Å². The van der Waals surface area contributed by atoms with Crippen molar-refractivity contribution in [2.24, 2.45) is 0 Å². The highest BCUT2D eigenvalue weighted by molar-refractivity contribution is 7.92. The standard InChI is InChI=1S/C29H31Cl4N3O4S/c1-3-4-14-34-29(38)27(15-20-8-6-5-7-9-20)35(18-21-10-11-22(30)16-25(21)33)28(37)19-36(41(2,39)40)26-17-23(31)12-13-24(26)32/h5-13,16-17,27H,3-4,14-15,18-19H2,1-2H3,(H,34,38)/t27-/m1/s1. The topological polar surface area (TPSA) is 86.8 Å². The van der Waals surface area contributed by atoms with Crippen LogP contribution in [0.5, 0.6) is 0 Å². The molecular weight excluding hydrogens is 628 g/mol. The first-order valence-corrected chi connectivity index (χ1v) is 16.2. The fourth-order valence-electron chi connectivity index (χ4n) is 4.17. The predicted octanol–water partition coefficient (Wildman–Crippen LogP) is 6.62. The molecule has 0 saturated heterocycles. The third-order valence-corrected chi connectivity index (χ3v) is 8.58. The van der Waals surface area contributed by atoms with Crippen molar-refractivity contribution in [2.45, 2.75) is 38.8 Å². The fourth-order valence-corrected chi connectivity index (χ4v) is 5.92. The van der Waals surface area contributed by atoms with E-state index < -0.39 is 28.5 Å². The number of nitrogens with zero attached hydrogens (tertiary/aromatic N) is 2. The van der Waals surface area contributed by atoms with Crippen molar-refractivity contribution < 1.29 is 18.0 Å². The van der Waals surface area contributed by atoms with Gasteiger partial charge in [0.15, 0.2) is 0 Å². The highest BCUT2D eigenvalue weighted by atomic mass is 35.5. The van der Waals surface area contributed by atoms with Crippen molar-refractivity contribution in [1.29, 1.82) is 0 Å². The van der Waals surface area contributed by atoms with Crippen LogP contribution in [0.25, 0.3) is 0 Å². The number of rotatable bonds is 13. The summed E-state index contributed by atoms with van der Waals surface area (Å²) in [4.78, 5) is 29.1. The average Bonchev–Trinajstić information content (AvgIpc) is 2.91. The van der Waals surface area contributed by atoms with Crippen molar-refractivity contribution in [3.05, 3.63) is 97.9 Å². The van der Waals surface area contributed by atoms with Gasteiger partial charge < -0.3 is 10.2 Å². The normalized spacial score (nSPS) is 12.0. The zero-order valence-electron chi connectivity index (χ0n) is 22.6. The Morgan fingerprint density at radius 1 is 0.902 bits per heavy atom. The number of carbonyl (C=O) groups is 2. The van der Waals surface area contributed by atoms with Gasteiger partial charge in [-0.3, -0.25) is 13.9 Å². The van der Waals surface area contributed by atoms with Crippen molar-refractivity contribution in [3.8, 4) is 0 Å². The maximum absolute atomic E-state index is 14.1. The number of sulfonamides is 1. The molecule has 41 heavy (non-hydrogen) atoms. The van der Waals surface area contributed by atoms with Gasteiger partial charge >= 0.3 is 0 Å². The lowest BCUT2D eigenvalue weighted by Crippen LogP contribution is -2.53. The zero-order valence-corrected chi connectivity index (χ0v) is 26.5. The Labute approximate surface area is 261 Å². The van der Waals surface area contributed by atoms with E-state index in [0.29, 0.717) is 22.2 Å². The summed E-state index contributed by atoms with van der Waals surface area (Å²) in [6, 6.07) is 17.5. The van der Waals surface area contributed by atoms with Crippen molar-refractivity contribution in [3.63, 3.8) is 0 Å². The first kappa shape index (κ1) is 33.0. The van der Waals surface area contributed by atoms with Crippen LogP contribution in [-0.4, -0.2) is 50.5 Å². The van der Waals surface area contributed by atoms with E-state index in [1.54, 1.807) is 18.2 Å². The number of halogens is 4. The second-order valence-electron chi connectivity index (χ2n) is 9.47. The van der Waals surface area contributed by atoms with Crippen LogP contribution < -0.4 is 9.62 Å². The Kier molecular flexibility index (Phi) is 12.2. The first-order valence-electron chi connectivity index (χ1n) is 12.9. The Hall–Kier alpha value is -2.49. The first-order chi connectivity index (χ1) is 19.4. The van der Waals surface area contributed by atoms with E-state index >= 15 is 0 Å². The van der Waals surface area contributed by atoms with E-state index in [0.717, 1.165) is 29.0 Å². The van der Waals surface area contributed by atoms with Crippen molar-refractivity contribution in [1.82, 2.24) is 10.2 Å². The molecule has 3 aromatic rings. The number of carbonyl (C=O) groups excluding carboxylic acids is 2. The van der Waals surface area contributed by atoms with Crippen LogP contribution in [0.3, 0.4) is 0 Å². The molecule has 0 aliphatic heterocycles. The van der Waals surface area contributed by atoms with Crippen molar-refractivity contribution >= 4 is 73.9 Å². The molecule has 0 radical (unpaired) electrons. The largest absolute Gasteiger partial charge is 0.354 e. The highest BCUT2D eigenvalue weighted by Gasteiger charge is 2.33. The lowest BCUT2D eigenvalue weighted by molar-refractivity contribution is -0.140. The molecule has 0 fully saturated rings. The van der Waals surface area contributed by atoms with Gasteiger partial charge in [-0.1, -0.05) is 96.1 Å². The number of hydrogen-bond acceptors (Lipinski definition) is 4. The summed E-state index contributed by atoms with van der Waals surface area (Å²) in [6.07, 6.45) is 2.79. The Morgan fingerprint density at radius 2 is 1.56 bits per heavy atom. The maximum atomic E-state index is 14.1. The Bertz CT molecular complexity index is 1470. The molecule has 0 unspecified atom stereocenters. The molecule has 0 spiro atoms. The lowest BCUT2D eigenvalue weighted by atomic mass is 10.0. The van der Waals surface area contributed by atoms with Crippen LogP contribution in [0, 0.1) is 0 Å². The molecule has 0 aromatic heterocycles. The van der Waals surface area contributed by atoms with E-state index in [1.165, 1.54) is 23.1 Å². The van der Waals surface area contributed by atoms with Gasteiger partial charge in [0.25, 0.3) is 0 Å². The molecule has 3 rings (SSSR count). The molecule has 0 aliphatic rings. The van der Waals surface area contributed by atoms with Gasteiger partial charge in [0, 0.05) is 34.6 Å². The quantitative estimate of drug-likeness (QED) is 0.209. The number of unbranched alkanes of at least 4 members (excludes halogenated alkanes) is 1. The van der Waals surface area contributed by atoms with Crippen LogP contribution in [-0.2, 0) is 32.6 Å². The van der Waals surface area contributed by atoms with Crippen LogP contribution in [0.1, 0.15) is 30.9 Å². The zero-order chi connectivity index (χ0) is 30.2. The number of benzene rings is 3. The molecule has 3 aromatic carbocycles. The van der Waals surface area contributed by atoms with Gasteiger partial charge in [-0.25, -0.2) is 8.42 Å². The molecule has 220 valence electrons. The molecule has 1 N–H and O–H groups in total. The van der Waals surface area contributed by atoms with Crippen LogP contribution >= 0.6 is 46.4 Å². The summed E-state index contributed by atoms with van der Waals surface area (Å²) < 4.78 is 26.7. The van der Waals surface area contributed by atoms with Crippen LogP contribution in [0.2, 0.25) is 20.1 Å². The molecule has 12 heteroatoms. The van der Waals surface area contributed by atoms with E-state index in [1.807, 2.05) is 37.3 Å². The van der Waals surface area contributed by atoms with Crippen LogP contribution in [0.15, 0.2) is 66.7 Å². The number of amides is 2. The highest BCUT2D eigenvalue weighted by Crippen LogP contribution is 2.31. The minimum Gasteiger partial charge on any atom is -0.354 e. The summed E-state index contributed by atoms with van der Waals surface area (Å²) in [5.41, 5.74) is 1.41. The lowest BCUT2D eigenvalue weighted by Gasteiger charge is -2.34. The monoisotopic (exact) mass is 657 g/mol. The van der Waals surface area contributed by atoms with E-state index in [2.05, 4.69) is 5.32 Å². The summed E-state index contributed by atoms with van der Waals surface area (Å²) in [6.45, 7) is 1.73. The molecule has 0 heterocycles. The van der Waals surface area contributed by atoms with Gasteiger partial charge in [0.2, 0.25) is 21.8 Å². The third kappa shape index (κ3) is 9.51. The molecule has 2 amide bonds.